The van der Waals surface area contributed by atoms with E-state index in [9.17, 15) is 5.11 Å². The van der Waals surface area contributed by atoms with Crippen LogP contribution in [0.5, 0.6) is 0 Å². The van der Waals surface area contributed by atoms with Gasteiger partial charge in [-0.1, -0.05) is 128 Å². The Balaban J connectivity index is 0.00000481. The molecule has 2 heterocycles. The van der Waals surface area contributed by atoms with Gasteiger partial charge >= 0.3 is 21.1 Å². The Hall–Kier alpha value is -3.75. The molecule has 7 rings (SSSR count). The van der Waals surface area contributed by atoms with E-state index in [1.165, 1.54) is 0 Å². The molecule has 0 radical (unpaired) electrons. The van der Waals surface area contributed by atoms with E-state index in [4.69, 9.17) is 28.4 Å². The Morgan fingerprint density at radius 3 is 1.72 bits per heavy atom. The maximum Gasteiger partial charge on any atom is 2.00 e. The minimum atomic E-state index is -1.47. The first-order valence-corrected chi connectivity index (χ1v) is 17.9. The van der Waals surface area contributed by atoms with Crippen LogP contribution in [0.2, 0.25) is 0 Å². The van der Waals surface area contributed by atoms with Crippen LogP contribution in [0, 0.1) is 12.1 Å². The van der Waals surface area contributed by atoms with E-state index >= 15 is 0 Å². The molecule has 5 aromatic rings. The van der Waals surface area contributed by atoms with Gasteiger partial charge in [-0.25, -0.2) is 12.1 Å². The second-order valence-corrected chi connectivity index (χ2v) is 13.0. The molecule has 5 atom stereocenters. The summed E-state index contributed by atoms with van der Waals surface area (Å²) in [6.45, 7) is 1.79. The molecule has 2 aliphatic heterocycles. The topological polar surface area (TPSA) is 75.6 Å². The molecule has 5 aromatic carbocycles. The molecule has 2 aliphatic rings. The minimum Gasteiger partial charge on any atom is -0.393 e. The zero-order chi connectivity index (χ0) is 35.4. The third-order valence-corrected chi connectivity index (χ3v) is 9.27. The largest absolute Gasteiger partial charge is 2.00 e. The van der Waals surface area contributed by atoms with Crippen LogP contribution in [0.1, 0.15) is 39.8 Å². The van der Waals surface area contributed by atoms with Crippen molar-refractivity contribution in [3.63, 3.8) is 0 Å². The summed E-state index contributed by atoms with van der Waals surface area (Å²) in [7, 11) is 0. The van der Waals surface area contributed by atoms with Crippen molar-refractivity contribution in [3.8, 4) is 0 Å². The van der Waals surface area contributed by atoms with Crippen molar-refractivity contribution in [2.75, 3.05) is 13.2 Å². The van der Waals surface area contributed by atoms with Crippen LogP contribution in [0.3, 0.4) is 0 Å². The molecule has 0 unspecified atom stereocenters. The molecule has 0 aromatic heterocycles. The summed E-state index contributed by atoms with van der Waals surface area (Å²) in [6.07, 6.45) is 1.53. The molecule has 0 saturated carbocycles. The molecule has 1 fully saturated rings. The van der Waals surface area contributed by atoms with Crippen molar-refractivity contribution >= 4 is 5.57 Å². The van der Waals surface area contributed by atoms with Gasteiger partial charge in [-0.3, -0.25) is 11.6 Å². The molecule has 1 N–H and O–H groups in total. The second kappa shape index (κ2) is 19.5. The zero-order valence-corrected chi connectivity index (χ0v) is 32.5. The average molecular weight is 881 g/mol. The summed E-state index contributed by atoms with van der Waals surface area (Å²) in [6, 6.07) is 49.3. The molecule has 0 amide bonds. The minimum absolute atomic E-state index is 0. The molecule has 1 spiro atoms. The predicted octanol–water partition coefficient (Wildman–Crippen LogP) is 7.65. The molecule has 8 heteroatoms. The van der Waals surface area contributed by atoms with Gasteiger partial charge in [-0.2, -0.15) is 6.07 Å². The number of benzene rings is 5. The molecular formula is C45H44O7W. The number of hydrogen-bond donors (Lipinski definition) is 1. The summed E-state index contributed by atoms with van der Waals surface area (Å²) in [5.41, 5.74) is 6.47. The smallest absolute Gasteiger partial charge is 0.393 e. The van der Waals surface area contributed by atoms with Crippen LogP contribution >= 0.6 is 0 Å². The Morgan fingerprint density at radius 2 is 1.15 bits per heavy atom. The third kappa shape index (κ3) is 10.3. The van der Waals surface area contributed by atoms with Crippen molar-refractivity contribution < 1.29 is 54.6 Å². The summed E-state index contributed by atoms with van der Waals surface area (Å²) in [5.74, 6) is -1.47. The van der Waals surface area contributed by atoms with Gasteiger partial charge < -0.3 is 39.1 Å². The summed E-state index contributed by atoms with van der Waals surface area (Å²) in [4.78, 5) is 0. The number of aliphatic hydroxyl groups excluding tert-OH is 1. The maximum atomic E-state index is 9.90. The molecule has 1 saturated heterocycles. The summed E-state index contributed by atoms with van der Waals surface area (Å²) in [5, 5.41) is 9.90. The standard InChI is InChI=1S/C45H44O7.W/c46-28-38-22-13-23-39(26-38)40-24-25-51-45(27-40)44(50-32-37-20-11-4-12-21-37)43(49-31-36-18-9-3-10-19-36)42(48-30-35-16-7-2-8-17-35)41(52-45)33-47-29-34-14-5-1-6-15-34;/h1-23,41-44,46H,24-25,28-33H2;/q-2;+2/t41-,42-,43+,44-,45+;/m1./s1. The SMILES string of the molecule is OCc1[c-]c(C2=[C-][C@]3(OCC2)O[C@H](COCc2ccccc2)[C@@H](OCc2ccccc2)[C@H](OCc2ccccc2)[C@H]3OCc2ccccc2)ccc1.[W+2]. The fourth-order valence-corrected chi connectivity index (χ4v) is 6.66. The van der Waals surface area contributed by atoms with Gasteiger partial charge in [-0.05, 0) is 22.3 Å². The van der Waals surface area contributed by atoms with E-state index in [-0.39, 0.29) is 40.9 Å². The van der Waals surface area contributed by atoms with Crippen molar-refractivity contribution in [1.82, 2.24) is 0 Å². The zero-order valence-electron chi connectivity index (χ0n) is 29.6. The van der Waals surface area contributed by atoms with Crippen molar-refractivity contribution in [2.24, 2.45) is 0 Å². The molecular weight excluding hydrogens is 836 g/mol. The van der Waals surface area contributed by atoms with Crippen LogP contribution in [0.4, 0.5) is 0 Å². The monoisotopic (exact) mass is 880 g/mol. The van der Waals surface area contributed by atoms with E-state index in [0.717, 1.165) is 33.4 Å². The third-order valence-electron chi connectivity index (χ3n) is 9.27. The van der Waals surface area contributed by atoms with E-state index in [1.807, 2.05) is 140 Å². The molecule has 0 aliphatic carbocycles. The maximum absolute atomic E-state index is 9.90. The van der Waals surface area contributed by atoms with Gasteiger partial charge in [0.25, 0.3) is 0 Å². The fourth-order valence-electron chi connectivity index (χ4n) is 6.66. The van der Waals surface area contributed by atoms with E-state index in [0.29, 0.717) is 38.4 Å². The molecule has 272 valence electrons. The number of rotatable bonds is 15. The predicted molar refractivity (Wildman–Crippen MR) is 197 cm³/mol. The van der Waals surface area contributed by atoms with Crippen LogP contribution in [0.15, 0.2) is 140 Å². The van der Waals surface area contributed by atoms with Crippen LogP contribution in [-0.4, -0.2) is 48.5 Å². The fraction of sp³-hybridized carbons (Fsp3) is 0.289. The molecule has 7 nitrogen and oxygen atoms in total. The van der Waals surface area contributed by atoms with E-state index < -0.39 is 30.2 Å². The Labute approximate surface area is 326 Å². The Morgan fingerprint density at radius 1 is 0.623 bits per heavy atom. The van der Waals surface area contributed by atoms with Crippen LogP contribution in [0.25, 0.3) is 5.57 Å². The normalized spacial score (nSPS) is 22.5. The van der Waals surface area contributed by atoms with Crippen LogP contribution < -0.4 is 0 Å². The van der Waals surface area contributed by atoms with Gasteiger partial charge in [0, 0.05) is 13.2 Å². The molecule has 53 heavy (non-hydrogen) atoms. The first-order chi connectivity index (χ1) is 25.7. The second-order valence-electron chi connectivity index (χ2n) is 13.0. The molecule has 0 bridgehead atoms. The van der Waals surface area contributed by atoms with Crippen LogP contribution in [-0.2, 0) is 82.5 Å². The number of aliphatic hydroxyl groups is 1. The van der Waals surface area contributed by atoms with Crippen molar-refractivity contribution in [1.29, 1.82) is 0 Å². The number of hydrogen-bond acceptors (Lipinski definition) is 7. The Kier molecular flexibility index (Phi) is 14.4. The number of ether oxygens (including phenoxy) is 6. The van der Waals surface area contributed by atoms with Gasteiger partial charge in [0.2, 0.25) is 0 Å². The van der Waals surface area contributed by atoms with E-state index in [2.05, 4.69) is 12.1 Å². The Bertz CT molecular complexity index is 1840. The van der Waals surface area contributed by atoms with Gasteiger partial charge in [-0.15, -0.1) is 11.6 Å². The quantitative estimate of drug-likeness (QED) is 0.108. The summed E-state index contributed by atoms with van der Waals surface area (Å²) < 4.78 is 40.7. The van der Waals surface area contributed by atoms with Gasteiger partial charge in [0.1, 0.15) is 30.2 Å². The van der Waals surface area contributed by atoms with Gasteiger partial charge in [0.05, 0.1) is 33.0 Å². The van der Waals surface area contributed by atoms with E-state index in [1.54, 1.807) is 0 Å². The first-order valence-electron chi connectivity index (χ1n) is 17.9. The summed E-state index contributed by atoms with van der Waals surface area (Å²) >= 11 is 0. The van der Waals surface area contributed by atoms with Crippen molar-refractivity contribution in [2.45, 2.75) is 69.7 Å². The first kappa shape index (κ1) is 39.0. The average Bonchev–Trinajstić information content (AvgIpc) is 3.21. The van der Waals surface area contributed by atoms with Crippen molar-refractivity contribution in [3.05, 3.63) is 185 Å². The van der Waals surface area contributed by atoms with Gasteiger partial charge in [0.15, 0.2) is 0 Å².